The molecule has 0 atom stereocenters. The van der Waals surface area contributed by atoms with Gasteiger partial charge in [0.05, 0.1) is 13.5 Å². The number of benzene rings is 2. The minimum absolute atomic E-state index is 0.0434. The lowest BCUT2D eigenvalue weighted by atomic mass is 10.0. The fourth-order valence-corrected chi connectivity index (χ4v) is 3.14. The molecule has 0 amide bonds. The summed E-state index contributed by atoms with van der Waals surface area (Å²) in [5.41, 5.74) is 1.23. The lowest BCUT2D eigenvalue weighted by Gasteiger charge is -2.09. The van der Waals surface area contributed by atoms with E-state index >= 15 is 0 Å². The lowest BCUT2D eigenvalue weighted by molar-refractivity contribution is -0.134. The van der Waals surface area contributed by atoms with Crippen molar-refractivity contribution in [2.45, 2.75) is 19.8 Å². The Morgan fingerprint density at radius 2 is 1.86 bits per heavy atom. The average Bonchev–Trinajstić information content (AvgIpc) is 3.15. The fraction of sp³-hybridized carbons (Fsp3) is 0.238. The molecule has 3 aromatic rings. The SMILES string of the molecule is COc1ccc2c(C)c(CCC(=O)Oc3ccc4c(c3)OCO4)c(=O)oc2c1. The Hall–Kier alpha value is -3.48. The largest absolute Gasteiger partial charge is 0.497 e. The number of hydrogen-bond acceptors (Lipinski definition) is 7. The van der Waals surface area contributed by atoms with Gasteiger partial charge in [-0.2, -0.15) is 0 Å². The number of esters is 1. The molecule has 0 fully saturated rings. The molecule has 2 aromatic carbocycles. The summed E-state index contributed by atoms with van der Waals surface area (Å²) in [6.45, 7) is 1.99. The van der Waals surface area contributed by atoms with Gasteiger partial charge in [0.25, 0.3) is 0 Å². The summed E-state index contributed by atoms with van der Waals surface area (Å²) >= 11 is 0. The van der Waals surface area contributed by atoms with Gasteiger partial charge in [-0.1, -0.05) is 0 Å². The van der Waals surface area contributed by atoms with Crippen LogP contribution in [0.2, 0.25) is 0 Å². The van der Waals surface area contributed by atoms with Gasteiger partial charge in [0.2, 0.25) is 6.79 Å². The number of carbonyl (C=O) groups is 1. The van der Waals surface area contributed by atoms with E-state index in [0.29, 0.717) is 34.1 Å². The van der Waals surface area contributed by atoms with E-state index in [1.165, 1.54) is 0 Å². The van der Waals surface area contributed by atoms with Crippen LogP contribution in [0.4, 0.5) is 0 Å². The Balaban J connectivity index is 1.49. The molecule has 1 aliphatic rings. The summed E-state index contributed by atoms with van der Waals surface area (Å²) in [6, 6.07) is 10.2. The van der Waals surface area contributed by atoms with Crippen LogP contribution in [0, 0.1) is 6.92 Å². The molecule has 28 heavy (non-hydrogen) atoms. The van der Waals surface area contributed by atoms with Crippen molar-refractivity contribution in [2.75, 3.05) is 13.9 Å². The Labute approximate surface area is 160 Å². The maximum absolute atomic E-state index is 12.4. The minimum atomic E-state index is -0.464. The number of ether oxygens (including phenoxy) is 4. The molecule has 7 nitrogen and oxygen atoms in total. The predicted octanol–water partition coefficient (Wildman–Crippen LogP) is 3.38. The van der Waals surface area contributed by atoms with E-state index in [2.05, 4.69) is 0 Å². The van der Waals surface area contributed by atoms with E-state index in [4.69, 9.17) is 23.4 Å². The molecule has 144 valence electrons. The first kappa shape index (κ1) is 17.9. The Bertz CT molecular complexity index is 1110. The van der Waals surface area contributed by atoms with Crippen LogP contribution in [0.3, 0.4) is 0 Å². The van der Waals surface area contributed by atoms with Crippen molar-refractivity contribution >= 4 is 16.9 Å². The van der Waals surface area contributed by atoms with Gasteiger partial charge < -0.3 is 23.4 Å². The zero-order chi connectivity index (χ0) is 19.7. The van der Waals surface area contributed by atoms with Gasteiger partial charge in [0, 0.05) is 23.1 Å². The van der Waals surface area contributed by atoms with E-state index in [0.717, 1.165) is 10.9 Å². The van der Waals surface area contributed by atoms with Crippen molar-refractivity contribution in [3.8, 4) is 23.0 Å². The Kier molecular flexibility index (Phi) is 4.65. The normalized spacial score (nSPS) is 12.2. The zero-order valence-corrected chi connectivity index (χ0v) is 15.4. The van der Waals surface area contributed by atoms with Crippen LogP contribution in [0.5, 0.6) is 23.0 Å². The van der Waals surface area contributed by atoms with Crippen LogP contribution in [-0.2, 0) is 11.2 Å². The van der Waals surface area contributed by atoms with Crippen molar-refractivity contribution in [3.05, 3.63) is 57.9 Å². The third kappa shape index (κ3) is 3.38. The summed E-state index contributed by atoms with van der Waals surface area (Å²) in [6.07, 6.45) is 0.265. The van der Waals surface area contributed by atoms with Crippen LogP contribution < -0.4 is 24.6 Å². The molecule has 0 bridgehead atoms. The first-order valence-electron chi connectivity index (χ1n) is 8.76. The molecular formula is C21H18O7. The highest BCUT2D eigenvalue weighted by molar-refractivity contribution is 5.82. The summed E-state index contributed by atoms with van der Waals surface area (Å²) in [5.74, 6) is 1.67. The van der Waals surface area contributed by atoms with Crippen molar-refractivity contribution in [1.82, 2.24) is 0 Å². The van der Waals surface area contributed by atoms with Gasteiger partial charge in [-0.05, 0) is 43.2 Å². The van der Waals surface area contributed by atoms with E-state index in [1.54, 1.807) is 37.4 Å². The Morgan fingerprint density at radius 3 is 2.68 bits per heavy atom. The van der Waals surface area contributed by atoms with E-state index in [-0.39, 0.29) is 19.6 Å². The second-order valence-corrected chi connectivity index (χ2v) is 6.34. The molecule has 7 heteroatoms. The van der Waals surface area contributed by atoms with Gasteiger partial charge in [-0.3, -0.25) is 4.79 Å². The van der Waals surface area contributed by atoms with E-state index in [1.807, 2.05) is 13.0 Å². The molecule has 0 saturated carbocycles. The van der Waals surface area contributed by atoms with Crippen molar-refractivity contribution in [3.63, 3.8) is 0 Å². The van der Waals surface area contributed by atoms with E-state index < -0.39 is 11.6 Å². The highest BCUT2D eigenvalue weighted by atomic mass is 16.7. The van der Waals surface area contributed by atoms with Gasteiger partial charge in [0.1, 0.15) is 17.1 Å². The van der Waals surface area contributed by atoms with Gasteiger partial charge >= 0.3 is 11.6 Å². The average molecular weight is 382 g/mol. The first-order chi connectivity index (χ1) is 13.5. The molecule has 2 heterocycles. The number of hydrogen-bond donors (Lipinski definition) is 0. The molecule has 0 spiro atoms. The second-order valence-electron chi connectivity index (χ2n) is 6.34. The van der Waals surface area contributed by atoms with Crippen LogP contribution in [0.1, 0.15) is 17.5 Å². The summed E-state index contributed by atoms with van der Waals surface area (Å²) in [5, 5.41) is 0.805. The lowest BCUT2D eigenvalue weighted by Crippen LogP contribution is -2.15. The summed E-state index contributed by atoms with van der Waals surface area (Å²) < 4.78 is 26.4. The maximum Gasteiger partial charge on any atom is 0.339 e. The monoisotopic (exact) mass is 382 g/mol. The van der Waals surface area contributed by atoms with Crippen LogP contribution >= 0.6 is 0 Å². The number of aryl methyl sites for hydroxylation is 1. The highest BCUT2D eigenvalue weighted by Gasteiger charge is 2.17. The zero-order valence-electron chi connectivity index (χ0n) is 15.4. The predicted molar refractivity (Wildman–Crippen MR) is 100 cm³/mol. The van der Waals surface area contributed by atoms with Crippen LogP contribution in [0.25, 0.3) is 11.0 Å². The highest BCUT2D eigenvalue weighted by Crippen LogP contribution is 2.35. The smallest absolute Gasteiger partial charge is 0.339 e. The maximum atomic E-state index is 12.4. The minimum Gasteiger partial charge on any atom is -0.497 e. The molecule has 1 aromatic heterocycles. The molecule has 0 aliphatic carbocycles. The van der Waals surface area contributed by atoms with Gasteiger partial charge in [-0.15, -0.1) is 0 Å². The fourth-order valence-electron chi connectivity index (χ4n) is 3.14. The van der Waals surface area contributed by atoms with Crippen molar-refractivity contribution < 1.29 is 28.2 Å². The van der Waals surface area contributed by atoms with Crippen molar-refractivity contribution in [1.29, 1.82) is 0 Å². The standard InChI is InChI=1S/C21H18O7/c1-12-15-5-3-13(24-2)9-18(15)28-21(23)16(12)6-8-20(22)27-14-4-7-17-19(10-14)26-11-25-17/h3-5,7,9-10H,6,8,11H2,1-2H3. The number of rotatable bonds is 5. The molecular weight excluding hydrogens is 364 g/mol. The van der Waals surface area contributed by atoms with Crippen molar-refractivity contribution in [2.24, 2.45) is 0 Å². The number of carbonyl (C=O) groups excluding carboxylic acids is 1. The van der Waals surface area contributed by atoms with Gasteiger partial charge in [-0.25, -0.2) is 4.79 Å². The molecule has 4 rings (SSSR count). The van der Waals surface area contributed by atoms with E-state index in [9.17, 15) is 9.59 Å². The molecule has 0 unspecified atom stereocenters. The summed E-state index contributed by atoms with van der Waals surface area (Å²) in [7, 11) is 1.55. The van der Waals surface area contributed by atoms with Crippen LogP contribution in [-0.4, -0.2) is 19.9 Å². The first-order valence-corrected chi connectivity index (χ1v) is 8.76. The van der Waals surface area contributed by atoms with Gasteiger partial charge in [0.15, 0.2) is 11.5 Å². The topological polar surface area (TPSA) is 84.2 Å². The van der Waals surface area contributed by atoms with Crippen LogP contribution in [0.15, 0.2) is 45.6 Å². The quantitative estimate of drug-likeness (QED) is 0.380. The third-order valence-electron chi connectivity index (χ3n) is 4.65. The number of fused-ring (bicyclic) bond motifs is 2. The molecule has 0 radical (unpaired) electrons. The number of methoxy groups -OCH3 is 1. The summed E-state index contributed by atoms with van der Waals surface area (Å²) in [4.78, 5) is 24.6. The molecule has 1 aliphatic heterocycles. The second kappa shape index (κ2) is 7.26. The third-order valence-corrected chi connectivity index (χ3v) is 4.65. The molecule has 0 N–H and O–H groups in total. The Morgan fingerprint density at radius 1 is 1.07 bits per heavy atom. The molecule has 0 saturated heterocycles.